The Balaban J connectivity index is 3.11. The fraction of sp³-hybridized carbons (Fsp3) is 0.500. The quantitative estimate of drug-likeness (QED) is 0.774. The lowest BCUT2D eigenvalue weighted by Crippen LogP contribution is -2.20. The van der Waals surface area contributed by atoms with Crippen LogP contribution in [0.2, 0.25) is 0 Å². The van der Waals surface area contributed by atoms with E-state index < -0.39 is 10.0 Å². The summed E-state index contributed by atoms with van der Waals surface area (Å²) in [6.45, 7) is 4.67. The summed E-state index contributed by atoms with van der Waals surface area (Å²) in [6, 6.07) is 2.71. The molecule has 1 rings (SSSR count). The van der Waals surface area contributed by atoms with Crippen molar-refractivity contribution in [2.75, 3.05) is 13.6 Å². The van der Waals surface area contributed by atoms with Gasteiger partial charge in [0, 0.05) is 12.1 Å². The van der Waals surface area contributed by atoms with E-state index in [9.17, 15) is 12.8 Å². The third-order valence-corrected chi connectivity index (χ3v) is 4.02. The van der Waals surface area contributed by atoms with Gasteiger partial charge in [-0.1, -0.05) is 6.92 Å². The first-order valence-electron chi connectivity index (χ1n) is 5.85. The molecule has 2 N–H and O–H groups in total. The third-order valence-electron chi connectivity index (χ3n) is 2.62. The summed E-state index contributed by atoms with van der Waals surface area (Å²) in [5.74, 6) is -0.353. The zero-order valence-corrected chi connectivity index (χ0v) is 11.7. The molecule has 0 amide bonds. The Labute approximate surface area is 108 Å². The van der Waals surface area contributed by atoms with E-state index in [0.29, 0.717) is 17.7 Å². The second kappa shape index (κ2) is 6.26. The van der Waals surface area contributed by atoms with Crippen LogP contribution in [-0.2, 0) is 16.6 Å². The number of rotatable bonds is 6. The Bertz CT molecular complexity index is 515. The van der Waals surface area contributed by atoms with Gasteiger partial charge in [-0.05, 0) is 44.6 Å². The minimum atomic E-state index is -3.53. The van der Waals surface area contributed by atoms with E-state index in [2.05, 4.69) is 10.0 Å². The lowest BCUT2D eigenvalue weighted by atomic mass is 10.1. The average molecular weight is 274 g/mol. The van der Waals surface area contributed by atoms with Crippen molar-refractivity contribution in [2.45, 2.75) is 31.7 Å². The maximum atomic E-state index is 13.8. The molecule has 0 aromatic heterocycles. The van der Waals surface area contributed by atoms with Crippen LogP contribution in [0.15, 0.2) is 17.0 Å². The molecule has 0 aliphatic carbocycles. The number of sulfonamides is 1. The molecule has 6 heteroatoms. The van der Waals surface area contributed by atoms with Crippen molar-refractivity contribution in [1.29, 1.82) is 0 Å². The molecule has 18 heavy (non-hydrogen) atoms. The van der Waals surface area contributed by atoms with E-state index >= 15 is 0 Å². The Morgan fingerprint density at radius 2 is 2.00 bits per heavy atom. The summed E-state index contributed by atoms with van der Waals surface area (Å²) in [5.41, 5.74) is 0.705. The van der Waals surface area contributed by atoms with Gasteiger partial charge in [0.05, 0.1) is 4.90 Å². The summed E-state index contributed by atoms with van der Waals surface area (Å²) in [4.78, 5) is 0.0946. The molecule has 0 heterocycles. The highest BCUT2D eigenvalue weighted by Gasteiger charge is 2.16. The van der Waals surface area contributed by atoms with E-state index in [0.717, 1.165) is 13.0 Å². The lowest BCUT2D eigenvalue weighted by Gasteiger charge is -2.10. The number of nitrogens with one attached hydrogen (secondary N) is 2. The molecule has 0 spiro atoms. The zero-order chi connectivity index (χ0) is 13.8. The molecule has 0 aliphatic rings. The van der Waals surface area contributed by atoms with Gasteiger partial charge in [0.2, 0.25) is 10.0 Å². The summed E-state index contributed by atoms with van der Waals surface area (Å²) in [7, 11) is -2.20. The van der Waals surface area contributed by atoms with Crippen molar-refractivity contribution < 1.29 is 12.8 Å². The van der Waals surface area contributed by atoms with Gasteiger partial charge >= 0.3 is 0 Å². The normalized spacial score (nSPS) is 11.8. The number of aryl methyl sites for hydroxylation is 1. The van der Waals surface area contributed by atoms with Crippen LogP contribution < -0.4 is 10.0 Å². The van der Waals surface area contributed by atoms with E-state index in [-0.39, 0.29) is 10.7 Å². The molecule has 0 bridgehead atoms. The fourth-order valence-electron chi connectivity index (χ4n) is 1.61. The highest BCUT2D eigenvalue weighted by molar-refractivity contribution is 7.89. The maximum absolute atomic E-state index is 13.8. The third kappa shape index (κ3) is 3.51. The minimum Gasteiger partial charge on any atom is -0.313 e. The topological polar surface area (TPSA) is 58.2 Å². The fourth-order valence-corrected chi connectivity index (χ4v) is 2.47. The van der Waals surface area contributed by atoms with Crippen molar-refractivity contribution in [2.24, 2.45) is 0 Å². The Morgan fingerprint density at radius 1 is 1.33 bits per heavy atom. The lowest BCUT2D eigenvalue weighted by molar-refractivity contribution is 0.572. The summed E-state index contributed by atoms with van der Waals surface area (Å²) >= 11 is 0. The van der Waals surface area contributed by atoms with Crippen molar-refractivity contribution in [3.05, 3.63) is 29.1 Å². The Morgan fingerprint density at radius 3 is 2.56 bits per heavy atom. The van der Waals surface area contributed by atoms with Crippen LogP contribution in [0.25, 0.3) is 0 Å². The molecule has 0 unspecified atom stereocenters. The van der Waals surface area contributed by atoms with Gasteiger partial charge in [-0.25, -0.2) is 17.5 Å². The smallest absolute Gasteiger partial charge is 0.240 e. The van der Waals surface area contributed by atoms with Crippen molar-refractivity contribution in [3.63, 3.8) is 0 Å². The Kier molecular flexibility index (Phi) is 5.25. The Hall–Kier alpha value is -0.980. The van der Waals surface area contributed by atoms with Gasteiger partial charge in [0.25, 0.3) is 0 Å². The molecular weight excluding hydrogens is 255 g/mol. The maximum Gasteiger partial charge on any atom is 0.240 e. The number of benzene rings is 1. The first kappa shape index (κ1) is 15.1. The van der Waals surface area contributed by atoms with Crippen LogP contribution in [0.5, 0.6) is 0 Å². The molecular formula is C12H19FN2O2S. The van der Waals surface area contributed by atoms with Gasteiger partial charge in [-0.3, -0.25) is 0 Å². The van der Waals surface area contributed by atoms with Gasteiger partial charge in [-0.2, -0.15) is 0 Å². The monoisotopic (exact) mass is 274 g/mol. The van der Waals surface area contributed by atoms with Crippen LogP contribution in [0, 0.1) is 12.7 Å². The van der Waals surface area contributed by atoms with E-state index in [1.807, 2.05) is 6.92 Å². The minimum absolute atomic E-state index is 0.0946. The molecule has 0 radical (unpaired) electrons. The molecule has 0 saturated heterocycles. The first-order chi connectivity index (χ1) is 8.42. The van der Waals surface area contributed by atoms with Crippen LogP contribution in [0.4, 0.5) is 4.39 Å². The van der Waals surface area contributed by atoms with Gasteiger partial charge in [-0.15, -0.1) is 0 Å². The van der Waals surface area contributed by atoms with Crippen LogP contribution in [0.1, 0.15) is 24.5 Å². The number of halogens is 1. The molecule has 4 nitrogen and oxygen atoms in total. The van der Waals surface area contributed by atoms with E-state index in [1.165, 1.54) is 19.2 Å². The van der Waals surface area contributed by atoms with Crippen LogP contribution >= 0.6 is 0 Å². The average Bonchev–Trinajstić information content (AvgIpc) is 2.34. The largest absolute Gasteiger partial charge is 0.313 e. The molecule has 1 aromatic rings. The summed E-state index contributed by atoms with van der Waals surface area (Å²) in [5, 5.41) is 3.06. The predicted octanol–water partition coefficient (Wildman–Crippen LogP) is 1.54. The van der Waals surface area contributed by atoms with Gasteiger partial charge in [0.1, 0.15) is 5.82 Å². The molecule has 1 aromatic carbocycles. The van der Waals surface area contributed by atoms with Crippen molar-refractivity contribution in [3.8, 4) is 0 Å². The SMILES string of the molecule is CCCNCc1cc(S(=O)(=O)NC)cc(C)c1F. The predicted molar refractivity (Wildman–Crippen MR) is 69.4 cm³/mol. The summed E-state index contributed by atoms with van der Waals surface area (Å²) < 4.78 is 39.5. The summed E-state index contributed by atoms with van der Waals surface area (Å²) in [6.07, 6.45) is 0.940. The van der Waals surface area contributed by atoms with Crippen molar-refractivity contribution in [1.82, 2.24) is 10.0 Å². The molecule has 0 fully saturated rings. The molecule has 0 atom stereocenters. The van der Waals surface area contributed by atoms with E-state index in [4.69, 9.17) is 0 Å². The zero-order valence-electron chi connectivity index (χ0n) is 10.9. The second-order valence-electron chi connectivity index (χ2n) is 4.10. The first-order valence-corrected chi connectivity index (χ1v) is 7.34. The second-order valence-corrected chi connectivity index (χ2v) is 5.98. The standard InChI is InChI=1S/C12H19FN2O2S/c1-4-5-15-8-10-7-11(18(16,17)14-3)6-9(2)12(10)13/h6-7,14-15H,4-5,8H2,1-3H3. The highest BCUT2D eigenvalue weighted by Crippen LogP contribution is 2.19. The highest BCUT2D eigenvalue weighted by atomic mass is 32.2. The van der Waals surface area contributed by atoms with Gasteiger partial charge in [0.15, 0.2) is 0 Å². The molecule has 0 saturated carbocycles. The number of hydrogen-bond donors (Lipinski definition) is 2. The van der Waals surface area contributed by atoms with E-state index in [1.54, 1.807) is 6.92 Å². The molecule has 0 aliphatic heterocycles. The van der Waals surface area contributed by atoms with Crippen molar-refractivity contribution >= 4 is 10.0 Å². The van der Waals surface area contributed by atoms with Crippen LogP contribution in [0.3, 0.4) is 0 Å². The molecule has 102 valence electrons. The number of hydrogen-bond acceptors (Lipinski definition) is 3. The van der Waals surface area contributed by atoms with Gasteiger partial charge < -0.3 is 5.32 Å². The van der Waals surface area contributed by atoms with Crippen LogP contribution in [-0.4, -0.2) is 22.0 Å².